The maximum Gasteiger partial charge on any atom is 0.137 e. The summed E-state index contributed by atoms with van der Waals surface area (Å²) in [5.74, 6) is 2.51. The van der Waals surface area contributed by atoms with E-state index in [1.165, 1.54) is 53.1 Å². The zero-order valence-electron chi connectivity index (χ0n) is 25.6. The van der Waals surface area contributed by atoms with Crippen molar-refractivity contribution in [2.45, 2.75) is 31.6 Å². The molecule has 8 aromatic rings. The Balaban J connectivity index is 1.16. The normalized spacial score (nSPS) is 19.2. The van der Waals surface area contributed by atoms with Crippen LogP contribution in [0.2, 0.25) is 0 Å². The van der Waals surface area contributed by atoms with Crippen LogP contribution in [0.4, 0.5) is 17.1 Å². The number of fused-ring (bicyclic) bond motifs is 8. The zero-order valence-corrected chi connectivity index (χ0v) is 25.6. The summed E-state index contributed by atoms with van der Waals surface area (Å²) in [5, 5.41) is 4.81. The van der Waals surface area contributed by atoms with E-state index >= 15 is 0 Å². The van der Waals surface area contributed by atoms with Crippen molar-refractivity contribution in [1.82, 2.24) is 4.57 Å². The molecule has 0 N–H and O–H groups in total. The largest absolute Gasteiger partial charge is 0.456 e. The van der Waals surface area contributed by atoms with Crippen LogP contribution in [0.15, 0.2) is 144 Å². The smallest absolute Gasteiger partial charge is 0.137 e. The number of aromatic nitrogens is 1. The van der Waals surface area contributed by atoms with Gasteiger partial charge in [-0.05, 0) is 103 Å². The number of anilines is 3. The molecule has 3 unspecified atom stereocenters. The van der Waals surface area contributed by atoms with Crippen molar-refractivity contribution < 1.29 is 4.42 Å². The van der Waals surface area contributed by atoms with Crippen molar-refractivity contribution in [2.75, 3.05) is 4.90 Å². The second-order valence-corrected chi connectivity index (χ2v) is 13.4. The molecule has 0 radical (unpaired) electrons. The van der Waals surface area contributed by atoms with Crippen molar-refractivity contribution in [1.29, 1.82) is 0 Å². The van der Waals surface area contributed by atoms with Crippen LogP contribution >= 0.6 is 0 Å². The minimum absolute atomic E-state index is 0.714. The quantitative estimate of drug-likeness (QED) is 0.198. The van der Waals surface area contributed by atoms with Crippen LogP contribution in [0.1, 0.15) is 37.2 Å². The van der Waals surface area contributed by atoms with Gasteiger partial charge in [0.1, 0.15) is 11.2 Å². The van der Waals surface area contributed by atoms with Crippen LogP contribution < -0.4 is 4.90 Å². The Morgan fingerprint density at radius 3 is 2.00 bits per heavy atom. The van der Waals surface area contributed by atoms with Gasteiger partial charge in [0, 0.05) is 50.4 Å². The molecule has 3 nitrogen and oxygen atoms in total. The Bertz CT molecular complexity index is 2400. The second kappa shape index (κ2) is 10.1. The van der Waals surface area contributed by atoms with E-state index in [2.05, 4.69) is 143 Å². The summed E-state index contributed by atoms with van der Waals surface area (Å²) >= 11 is 0. The number of hydrogen-bond acceptors (Lipinski definition) is 2. The number of para-hydroxylation sites is 3. The summed E-state index contributed by atoms with van der Waals surface area (Å²) < 4.78 is 8.78. The number of hydrogen-bond donors (Lipinski definition) is 0. The Kier molecular flexibility index (Phi) is 5.72. The monoisotopic (exact) mass is 594 g/mol. The van der Waals surface area contributed by atoms with Gasteiger partial charge in [0.25, 0.3) is 0 Å². The Labute approximate surface area is 268 Å². The highest BCUT2D eigenvalue weighted by Crippen LogP contribution is 2.53. The molecule has 0 saturated heterocycles. The molecule has 2 fully saturated rings. The fourth-order valence-electron chi connectivity index (χ4n) is 8.78. The van der Waals surface area contributed by atoms with Gasteiger partial charge in [0.15, 0.2) is 0 Å². The molecule has 2 bridgehead atoms. The van der Waals surface area contributed by atoms with Gasteiger partial charge in [-0.3, -0.25) is 0 Å². The lowest BCUT2D eigenvalue weighted by atomic mass is 9.83. The molecule has 2 heterocycles. The maximum absolute atomic E-state index is 6.39. The van der Waals surface area contributed by atoms with Crippen molar-refractivity contribution in [3.05, 3.63) is 145 Å². The van der Waals surface area contributed by atoms with Gasteiger partial charge in [0.2, 0.25) is 0 Å². The molecule has 0 amide bonds. The van der Waals surface area contributed by atoms with Crippen molar-refractivity contribution in [2.24, 2.45) is 11.8 Å². The first-order chi connectivity index (χ1) is 22.8. The fraction of sp³-hybridized carbons (Fsp3) is 0.163. The number of rotatable bonds is 5. The van der Waals surface area contributed by atoms with E-state index in [9.17, 15) is 0 Å². The van der Waals surface area contributed by atoms with Crippen LogP contribution in [0.25, 0.3) is 49.4 Å². The van der Waals surface area contributed by atoms with E-state index in [1.807, 2.05) is 6.07 Å². The van der Waals surface area contributed by atoms with Gasteiger partial charge in [-0.25, -0.2) is 0 Å². The third-order valence-corrected chi connectivity index (χ3v) is 10.9. The van der Waals surface area contributed by atoms with Crippen LogP contribution in [0, 0.1) is 11.8 Å². The number of furan rings is 1. The molecule has 6 aromatic carbocycles. The van der Waals surface area contributed by atoms with Gasteiger partial charge in [0.05, 0.1) is 11.0 Å². The van der Waals surface area contributed by atoms with Crippen molar-refractivity contribution in [3.63, 3.8) is 0 Å². The Hall–Kier alpha value is -5.28. The minimum Gasteiger partial charge on any atom is -0.456 e. The lowest BCUT2D eigenvalue weighted by molar-refractivity contribution is 0.420. The van der Waals surface area contributed by atoms with Crippen LogP contribution in [-0.2, 0) is 0 Å². The molecule has 3 atom stereocenters. The lowest BCUT2D eigenvalue weighted by Crippen LogP contribution is -2.11. The summed E-state index contributed by atoms with van der Waals surface area (Å²) in [4.78, 5) is 2.39. The van der Waals surface area contributed by atoms with Gasteiger partial charge >= 0.3 is 0 Å². The molecule has 0 aliphatic heterocycles. The molecular formula is C43H34N2O. The summed E-state index contributed by atoms with van der Waals surface area (Å²) in [5.41, 5.74) is 10.3. The predicted octanol–water partition coefficient (Wildman–Crippen LogP) is 12.1. The average Bonchev–Trinajstić information content (AvgIpc) is 3.90. The van der Waals surface area contributed by atoms with E-state index in [1.54, 1.807) is 0 Å². The van der Waals surface area contributed by atoms with Crippen LogP contribution in [0.5, 0.6) is 0 Å². The van der Waals surface area contributed by atoms with Crippen LogP contribution in [0.3, 0.4) is 0 Å². The molecule has 2 aromatic heterocycles. The minimum atomic E-state index is 0.714. The maximum atomic E-state index is 6.39. The highest BCUT2D eigenvalue weighted by Gasteiger charge is 2.40. The van der Waals surface area contributed by atoms with E-state index in [0.717, 1.165) is 56.5 Å². The van der Waals surface area contributed by atoms with E-state index in [4.69, 9.17) is 4.42 Å². The zero-order chi connectivity index (χ0) is 30.2. The summed E-state index contributed by atoms with van der Waals surface area (Å²) in [6.45, 7) is 0. The lowest BCUT2D eigenvalue weighted by Gasteiger charge is -2.27. The van der Waals surface area contributed by atoms with E-state index < -0.39 is 0 Å². The molecule has 46 heavy (non-hydrogen) atoms. The molecular weight excluding hydrogens is 560 g/mol. The van der Waals surface area contributed by atoms with Gasteiger partial charge in [-0.2, -0.15) is 0 Å². The SMILES string of the molecule is c1ccc(-n2c3ccccc3c3ccc(N(c4ccc(C5CC6CCC5C6)cc4)c4ccc5c(c4)oc4ccccc45)cc32)cc1. The highest BCUT2D eigenvalue weighted by atomic mass is 16.3. The topological polar surface area (TPSA) is 21.3 Å². The fourth-order valence-corrected chi connectivity index (χ4v) is 8.78. The Morgan fingerprint density at radius 1 is 0.522 bits per heavy atom. The van der Waals surface area contributed by atoms with Crippen molar-refractivity contribution >= 4 is 60.8 Å². The standard InChI is InChI=1S/C43H34N2O/c1-2-8-31(9-3-1)45-40-12-6-4-10-35(40)36-22-20-33(26-41(36)45)44(32-18-16-29(17-19-32)39-25-28-14-15-30(39)24-28)34-21-23-38-37-11-5-7-13-42(37)46-43(38)27-34/h1-13,16-23,26-28,30,39H,14-15,24-25H2. The molecule has 2 saturated carbocycles. The van der Waals surface area contributed by atoms with E-state index in [0.29, 0.717) is 5.92 Å². The summed E-state index contributed by atoms with van der Waals surface area (Å²) in [6.07, 6.45) is 5.61. The number of nitrogens with zero attached hydrogens (tertiary/aromatic N) is 2. The summed E-state index contributed by atoms with van der Waals surface area (Å²) in [6, 6.07) is 50.8. The third-order valence-electron chi connectivity index (χ3n) is 10.9. The van der Waals surface area contributed by atoms with Gasteiger partial charge < -0.3 is 13.9 Å². The predicted molar refractivity (Wildman–Crippen MR) is 191 cm³/mol. The molecule has 2 aliphatic rings. The van der Waals surface area contributed by atoms with Crippen LogP contribution in [-0.4, -0.2) is 4.57 Å². The Morgan fingerprint density at radius 2 is 1.20 bits per heavy atom. The first-order valence-corrected chi connectivity index (χ1v) is 16.7. The van der Waals surface area contributed by atoms with Gasteiger partial charge in [-0.1, -0.05) is 79.2 Å². The average molecular weight is 595 g/mol. The molecule has 3 heteroatoms. The van der Waals surface area contributed by atoms with Gasteiger partial charge in [-0.15, -0.1) is 0 Å². The first kappa shape index (κ1) is 26.0. The molecule has 222 valence electrons. The third kappa shape index (κ3) is 3.98. The number of benzene rings is 6. The molecule has 0 spiro atoms. The first-order valence-electron chi connectivity index (χ1n) is 16.7. The van der Waals surface area contributed by atoms with E-state index in [-0.39, 0.29) is 0 Å². The summed E-state index contributed by atoms with van der Waals surface area (Å²) in [7, 11) is 0. The molecule has 10 rings (SSSR count). The molecule has 2 aliphatic carbocycles. The highest BCUT2D eigenvalue weighted by molar-refractivity contribution is 6.11. The second-order valence-electron chi connectivity index (χ2n) is 13.4. The van der Waals surface area contributed by atoms with Crippen molar-refractivity contribution in [3.8, 4) is 5.69 Å².